The number of thioether (sulfide) groups is 1. The minimum atomic E-state index is -2.02. The van der Waals surface area contributed by atoms with Crippen LogP contribution in [0.4, 0.5) is 0 Å². The number of rotatable bonds is 11. The van der Waals surface area contributed by atoms with Crippen LogP contribution in [0.2, 0.25) is 36.3 Å². The Bertz CT molecular complexity index is 1190. The van der Waals surface area contributed by atoms with Gasteiger partial charge < -0.3 is 14.0 Å². The van der Waals surface area contributed by atoms with Crippen molar-refractivity contribution in [3.8, 4) is 0 Å². The zero-order valence-electron chi connectivity index (χ0n) is 32.6. The third-order valence-corrected chi connectivity index (χ3v) is 24.6. The van der Waals surface area contributed by atoms with E-state index in [1.165, 1.54) is 12.8 Å². The van der Waals surface area contributed by atoms with Gasteiger partial charge in [-0.2, -0.15) is 11.8 Å². The van der Waals surface area contributed by atoms with Crippen LogP contribution in [0.3, 0.4) is 0 Å². The molecule has 0 aliphatic heterocycles. The Morgan fingerprint density at radius 2 is 1.52 bits per heavy atom. The van der Waals surface area contributed by atoms with Gasteiger partial charge >= 0.3 is 0 Å². The maximum Gasteiger partial charge on any atom is 0.192 e. The molecule has 6 heteroatoms. The van der Waals surface area contributed by atoms with Gasteiger partial charge in [0.05, 0.1) is 18.3 Å². The Labute approximate surface area is 291 Å². The molecule has 0 aromatic rings. The normalized spacial score (nSPS) is 33.5. The van der Waals surface area contributed by atoms with Crippen LogP contribution in [0.5, 0.6) is 0 Å². The van der Waals surface area contributed by atoms with E-state index in [2.05, 4.69) is 121 Å². The molecule has 0 aromatic carbocycles. The average Bonchev–Trinajstić information content (AvgIpc) is 3.29. The molecule has 46 heavy (non-hydrogen) atoms. The Balaban J connectivity index is 1.63. The summed E-state index contributed by atoms with van der Waals surface area (Å²) in [7, 11) is -3.94. The average molecular weight is 689 g/mol. The highest BCUT2D eigenvalue weighted by Gasteiger charge is 2.59. The first-order valence-corrected chi connectivity index (χ1v) is 25.7. The Morgan fingerprint density at radius 1 is 0.935 bits per heavy atom. The van der Waals surface area contributed by atoms with Gasteiger partial charge in [-0.15, -0.1) is 0 Å². The van der Waals surface area contributed by atoms with Crippen LogP contribution in [0.25, 0.3) is 0 Å². The number of aliphatic hydroxyl groups is 1. The van der Waals surface area contributed by atoms with E-state index in [9.17, 15) is 5.11 Å². The van der Waals surface area contributed by atoms with Crippen LogP contribution in [-0.2, 0) is 8.85 Å². The third-order valence-electron chi connectivity index (χ3n) is 14.3. The molecule has 8 atom stereocenters. The number of aliphatic hydroxyl groups excluding tert-OH is 1. The molecule has 264 valence electrons. The van der Waals surface area contributed by atoms with E-state index >= 15 is 0 Å². The highest BCUT2D eigenvalue weighted by molar-refractivity contribution is 8.00. The second kappa shape index (κ2) is 13.5. The monoisotopic (exact) mass is 688 g/mol. The molecule has 0 radical (unpaired) electrons. The zero-order valence-corrected chi connectivity index (χ0v) is 35.4. The largest absolute Gasteiger partial charge is 0.414 e. The molecule has 2 fully saturated rings. The first-order chi connectivity index (χ1) is 21.0. The summed E-state index contributed by atoms with van der Waals surface area (Å²) in [5.41, 5.74) is 5.12. The molecule has 3 nitrogen and oxygen atoms in total. The van der Waals surface area contributed by atoms with Crippen molar-refractivity contribution in [3.05, 3.63) is 34.9 Å². The van der Waals surface area contributed by atoms with E-state index in [4.69, 9.17) is 8.85 Å². The van der Waals surface area contributed by atoms with Crippen molar-refractivity contribution in [2.24, 2.45) is 28.6 Å². The zero-order chi connectivity index (χ0) is 34.7. The van der Waals surface area contributed by atoms with Gasteiger partial charge in [-0.1, -0.05) is 117 Å². The van der Waals surface area contributed by atoms with E-state index in [0.29, 0.717) is 23.0 Å². The molecule has 4 unspecified atom stereocenters. The summed E-state index contributed by atoms with van der Waals surface area (Å²) in [6.07, 6.45) is 15.7. The molecule has 1 N–H and O–H groups in total. The van der Waals surface area contributed by atoms with E-state index in [-0.39, 0.29) is 39.2 Å². The van der Waals surface area contributed by atoms with Crippen LogP contribution in [0, 0.1) is 28.6 Å². The molecular weight excluding hydrogens is 617 g/mol. The van der Waals surface area contributed by atoms with Gasteiger partial charge in [-0.3, -0.25) is 0 Å². The number of allylic oxidation sites excluding steroid dienone is 4. The molecule has 0 aromatic heterocycles. The van der Waals surface area contributed by atoms with Gasteiger partial charge in [-0.05, 0) is 98.5 Å². The van der Waals surface area contributed by atoms with Crippen molar-refractivity contribution < 1.29 is 14.0 Å². The molecule has 0 bridgehead atoms. The van der Waals surface area contributed by atoms with Gasteiger partial charge in [0.1, 0.15) is 0 Å². The lowest BCUT2D eigenvalue weighted by atomic mass is 9.49. The summed E-state index contributed by atoms with van der Waals surface area (Å²) < 4.78 is 14.7. The smallest absolute Gasteiger partial charge is 0.192 e. The fourth-order valence-electron chi connectivity index (χ4n) is 8.94. The first kappa shape index (κ1) is 38.7. The summed E-state index contributed by atoms with van der Waals surface area (Å²) in [4.78, 5) is 0. The molecule has 0 amide bonds. The lowest BCUT2D eigenvalue weighted by molar-refractivity contribution is -0.0386. The summed E-state index contributed by atoms with van der Waals surface area (Å²) in [6.45, 7) is 35.9. The molecule has 4 rings (SSSR count). The van der Waals surface area contributed by atoms with E-state index in [1.807, 2.05) is 11.8 Å². The number of hydrogen-bond donors (Lipinski definition) is 1. The minimum absolute atomic E-state index is 0.0107. The fourth-order valence-corrected chi connectivity index (χ4v) is 13.0. The van der Waals surface area contributed by atoms with Gasteiger partial charge in [0, 0.05) is 16.4 Å². The van der Waals surface area contributed by atoms with Gasteiger partial charge in [0.25, 0.3) is 0 Å². The lowest BCUT2D eigenvalue weighted by Gasteiger charge is -2.59. The topological polar surface area (TPSA) is 38.7 Å². The Hall–Kier alpha value is -0.116. The van der Waals surface area contributed by atoms with Crippen LogP contribution < -0.4 is 0 Å². The third kappa shape index (κ3) is 7.06. The standard InChI is InChI=1S/C40H72O3SSi2/c1-16-28(17-2)35(41)26-44-27(3)32-20-21-33-31-19-18-29-24-30(42-45(12,13)37(4,5)6)25-36(43-46(14,15)38(7,8)9)40(29,11)34(31)22-23-39(32,33)10/h18-20,27-28,30,33-36,41H,16-17,21-26H2,1-15H3/t27?,30?,33-,34-,35?,36?,39+,40-/m0/s1. The molecular formula is C40H72O3SSi2. The highest BCUT2D eigenvalue weighted by atomic mass is 32.2. The van der Waals surface area contributed by atoms with Crippen molar-refractivity contribution in [2.45, 2.75) is 181 Å². The summed E-state index contributed by atoms with van der Waals surface area (Å²) >= 11 is 1.98. The van der Waals surface area contributed by atoms with Crippen molar-refractivity contribution in [1.82, 2.24) is 0 Å². The van der Waals surface area contributed by atoms with Crippen molar-refractivity contribution in [1.29, 1.82) is 0 Å². The van der Waals surface area contributed by atoms with Crippen LogP contribution >= 0.6 is 11.8 Å². The van der Waals surface area contributed by atoms with Crippen LogP contribution in [0.1, 0.15) is 121 Å². The lowest BCUT2D eigenvalue weighted by Crippen LogP contribution is -2.58. The predicted molar refractivity (Wildman–Crippen MR) is 207 cm³/mol. The van der Waals surface area contributed by atoms with Crippen molar-refractivity contribution in [3.63, 3.8) is 0 Å². The summed E-state index contributed by atoms with van der Waals surface area (Å²) in [6, 6.07) is 0. The SMILES string of the molecule is CCC(CC)C(O)CSC(C)C1=CC[C@H]2C3=CC=C4CC(O[Si](C)(C)C(C)(C)C)CC(O[Si](C)(C)C(C)(C)C)[C@]4(C)[C@H]3CC[C@]12C. The summed E-state index contributed by atoms with van der Waals surface area (Å²) in [5, 5.41) is 11.7. The maximum atomic E-state index is 10.9. The van der Waals surface area contributed by atoms with E-state index in [0.717, 1.165) is 37.9 Å². The molecule has 2 saturated carbocycles. The highest BCUT2D eigenvalue weighted by Crippen LogP contribution is 2.65. The molecule has 0 saturated heterocycles. The van der Waals surface area contributed by atoms with Crippen LogP contribution in [-0.4, -0.2) is 51.1 Å². The number of fused-ring (bicyclic) bond motifs is 5. The van der Waals surface area contributed by atoms with Gasteiger partial charge in [0.2, 0.25) is 0 Å². The summed E-state index contributed by atoms with van der Waals surface area (Å²) in [5.74, 6) is 2.35. The molecule has 4 aliphatic rings. The van der Waals surface area contributed by atoms with E-state index < -0.39 is 16.6 Å². The van der Waals surface area contributed by atoms with Gasteiger partial charge in [-0.25, -0.2) is 0 Å². The first-order valence-electron chi connectivity index (χ1n) is 18.8. The van der Waals surface area contributed by atoms with E-state index in [1.54, 1.807) is 16.7 Å². The molecule has 4 aliphatic carbocycles. The predicted octanol–water partition coefficient (Wildman–Crippen LogP) is 11.7. The minimum Gasteiger partial charge on any atom is -0.414 e. The fraction of sp³-hybridized carbons (Fsp3) is 0.850. The molecule has 0 heterocycles. The molecule has 0 spiro atoms. The van der Waals surface area contributed by atoms with Crippen molar-refractivity contribution in [2.75, 3.05) is 5.75 Å². The van der Waals surface area contributed by atoms with Crippen molar-refractivity contribution >= 4 is 28.4 Å². The Kier molecular flexibility index (Phi) is 11.4. The van der Waals surface area contributed by atoms with Crippen LogP contribution in [0.15, 0.2) is 34.9 Å². The number of hydrogen-bond acceptors (Lipinski definition) is 4. The quantitative estimate of drug-likeness (QED) is 0.173. The second-order valence-electron chi connectivity index (χ2n) is 19.0. The maximum absolute atomic E-state index is 10.9. The van der Waals surface area contributed by atoms with Gasteiger partial charge in [0.15, 0.2) is 16.6 Å². The Morgan fingerprint density at radius 3 is 2.09 bits per heavy atom. The second-order valence-corrected chi connectivity index (χ2v) is 29.9.